The summed E-state index contributed by atoms with van der Waals surface area (Å²) in [6.45, 7) is 0. The highest BCUT2D eigenvalue weighted by Crippen LogP contribution is 2.11. The molecule has 0 aliphatic heterocycles. The highest BCUT2D eigenvalue weighted by atomic mass is 32.1. The number of rotatable bonds is 5. The molecule has 2 heterocycles. The van der Waals surface area contributed by atoms with E-state index in [1.54, 1.807) is 11.3 Å². The van der Waals surface area contributed by atoms with E-state index in [0.29, 0.717) is 0 Å². The number of hydrogen-bond donors (Lipinski definition) is 1. The van der Waals surface area contributed by atoms with Gasteiger partial charge >= 0.3 is 0 Å². The fourth-order valence-corrected chi connectivity index (χ4v) is 2.47. The first kappa shape index (κ1) is 11.4. The third-order valence-electron chi connectivity index (χ3n) is 2.77. The van der Waals surface area contributed by atoms with Crippen molar-refractivity contribution in [2.24, 2.45) is 12.8 Å². The minimum atomic E-state index is 0.240. The normalized spacial score (nSPS) is 12.9. The van der Waals surface area contributed by atoms with Crippen molar-refractivity contribution in [2.75, 3.05) is 0 Å². The van der Waals surface area contributed by atoms with Crippen LogP contribution in [0.3, 0.4) is 0 Å². The molecule has 2 N–H and O–H groups in total. The standard InChI is InChI=1S/C12H17N3S/c1-15-12(4-6-14-15)3-2-11(13)8-10-5-7-16-9-10/h4-7,9,11H,2-3,8,13H2,1H3. The summed E-state index contributed by atoms with van der Waals surface area (Å²) in [5, 5.41) is 8.42. The van der Waals surface area contributed by atoms with E-state index in [4.69, 9.17) is 5.73 Å². The van der Waals surface area contributed by atoms with Crippen molar-refractivity contribution in [3.8, 4) is 0 Å². The van der Waals surface area contributed by atoms with Gasteiger partial charge in [0.15, 0.2) is 0 Å². The van der Waals surface area contributed by atoms with E-state index in [1.165, 1.54) is 11.3 Å². The Hall–Kier alpha value is -1.13. The summed E-state index contributed by atoms with van der Waals surface area (Å²) in [4.78, 5) is 0. The van der Waals surface area contributed by atoms with Crippen molar-refractivity contribution >= 4 is 11.3 Å². The summed E-state index contributed by atoms with van der Waals surface area (Å²) < 4.78 is 1.91. The molecule has 0 saturated heterocycles. The van der Waals surface area contributed by atoms with Crippen LogP contribution >= 0.6 is 11.3 Å². The first-order valence-electron chi connectivity index (χ1n) is 5.49. The van der Waals surface area contributed by atoms with Gasteiger partial charge in [-0.3, -0.25) is 4.68 Å². The van der Waals surface area contributed by atoms with Gasteiger partial charge in [0, 0.05) is 25.0 Å². The van der Waals surface area contributed by atoms with Crippen LogP contribution in [0.2, 0.25) is 0 Å². The Balaban J connectivity index is 1.80. The molecule has 0 spiro atoms. The minimum absolute atomic E-state index is 0.240. The maximum Gasteiger partial charge on any atom is 0.0492 e. The Bertz CT molecular complexity index is 419. The molecule has 16 heavy (non-hydrogen) atoms. The van der Waals surface area contributed by atoms with Crippen LogP contribution in [0.4, 0.5) is 0 Å². The highest BCUT2D eigenvalue weighted by molar-refractivity contribution is 7.07. The summed E-state index contributed by atoms with van der Waals surface area (Å²) in [6, 6.07) is 4.44. The van der Waals surface area contributed by atoms with Gasteiger partial charge in [0.05, 0.1) is 0 Å². The van der Waals surface area contributed by atoms with E-state index in [2.05, 4.69) is 28.0 Å². The number of thiophene rings is 1. The summed E-state index contributed by atoms with van der Waals surface area (Å²) in [5.41, 5.74) is 8.71. The predicted octanol–water partition coefficient (Wildman–Crippen LogP) is 1.98. The minimum Gasteiger partial charge on any atom is -0.327 e. The maximum atomic E-state index is 6.11. The smallest absolute Gasteiger partial charge is 0.0492 e. The lowest BCUT2D eigenvalue weighted by Gasteiger charge is -2.10. The molecule has 0 aliphatic rings. The average molecular weight is 235 g/mol. The third kappa shape index (κ3) is 2.93. The van der Waals surface area contributed by atoms with Crippen LogP contribution < -0.4 is 5.73 Å². The highest BCUT2D eigenvalue weighted by Gasteiger charge is 2.06. The van der Waals surface area contributed by atoms with Gasteiger partial charge in [-0.1, -0.05) is 0 Å². The lowest BCUT2D eigenvalue weighted by Crippen LogP contribution is -2.23. The second kappa shape index (κ2) is 5.27. The maximum absolute atomic E-state index is 6.11. The second-order valence-corrected chi connectivity index (χ2v) is 4.86. The lowest BCUT2D eigenvalue weighted by atomic mass is 10.0. The first-order chi connectivity index (χ1) is 7.75. The average Bonchev–Trinajstić information content (AvgIpc) is 2.87. The Kier molecular flexibility index (Phi) is 3.74. The molecule has 4 heteroatoms. The quantitative estimate of drug-likeness (QED) is 0.861. The molecule has 0 radical (unpaired) electrons. The molecule has 2 rings (SSSR count). The third-order valence-corrected chi connectivity index (χ3v) is 3.50. The molecule has 3 nitrogen and oxygen atoms in total. The monoisotopic (exact) mass is 235 g/mol. The topological polar surface area (TPSA) is 43.8 Å². The van der Waals surface area contributed by atoms with Crippen LogP contribution in [0.5, 0.6) is 0 Å². The Morgan fingerprint density at radius 2 is 2.38 bits per heavy atom. The van der Waals surface area contributed by atoms with E-state index >= 15 is 0 Å². The van der Waals surface area contributed by atoms with Gasteiger partial charge in [-0.15, -0.1) is 0 Å². The van der Waals surface area contributed by atoms with Crippen molar-refractivity contribution in [3.63, 3.8) is 0 Å². The van der Waals surface area contributed by atoms with Crippen LogP contribution in [-0.2, 0) is 19.9 Å². The van der Waals surface area contributed by atoms with Crippen LogP contribution in [-0.4, -0.2) is 15.8 Å². The van der Waals surface area contributed by atoms with Crippen molar-refractivity contribution in [3.05, 3.63) is 40.3 Å². The Morgan fingerprint density at radius 3 is 3.00 bits per heavy atom. The van der Waals surface area contributed by atoms with Gasteiger partial charge in [0.2, 0.25) is 0 Å². The molecular weight excluding hydrogens is 218 g/mol. The molecule has 0 bridgehead atoms. The van der Waals surface area contributed by atoms with Crippen molar-refractivity contribution < 1.29 is 0 Å². The summed E-state index contributed by atoms with van der Waals surface area (Å²) >= 11 is 1.73. The van der Waals surface area contributed by atoms with Gasteiger partial charge in [-0.25, -0.2) is 0 Å². The summed E-state index contributed by atoms with van der Waals surface area (Å²) in [7, 11) is 1.97. The van der Waals surface area contributed by atoms with Gasteiger partial charge in [-0.05, 0) is 47.7 Å². The van der Waals surface area contributed by atoms with E-state index in [1.807, 2.05) is 17.9 Å². The zero-order valence-corrected chi connectivity index (χ0v) is 10.3. The predicted molar refractivity (Wildman–Crippen MR) is 67.5 cm³/mol. The van der Waals surface area contributed by atoms with Crippen LogP contribution in [0.25, 0.3) is 0 Å². The fraction of sp³-hybridized carbons (Fsp3) is 0.417. The van der Waals surface area contributed by atoms with Crippen molar-refractivity contribution in [1.29, 1.82) is 0 Å². The van der Waals surface area contributed by atoms with Crippen LogP contribution in [0, 0.1) is 0 Å². The zero-order chi connectivity index (χ0) is 11.4. The van der Waals surface area contributed by atoms with E-state index < -0.39 is 0 Å². The molecule has 0 aliphatic carbocycles. The largest absolute Gasteiger partial charge is 0.327 e. The van der Waals surface area contributed by atoms with Crippen molar-refractivity contribution in [2.45, 2.75) is 25.3 Å². The van der Waals surface area contributed by atoms with Crippen LogP contribution in [0.15, 0.2) is 29.1 Å². The Labute approximate surface area is 99.9 Å². The van der Waals surface area contributed by atoms with Crippen molar-refractivity contribution in [1.82, 2.24) is 9.78 Å². The number of nitrogens with two attached hydrogens (primary N) is 1. The van der Waals surface area contributed by atoms with E-state index in [0.717, 1.165) is 19.3 Å². The Morgan fingerprint density at radius 1 is 1.50 bits per heavy atom. The molecule has 1 atom stereocenters. The van der Waals surface area contributed by atoms with E-state index in [9.17, 15) is 0 Å². The zero-order valence-electron chi connectivity index (χ0n) is 9.47. The van der Waals surface area contributed by atoms with Gasteiger partial charge < -0.3 is 5.73 Å². The fourth-order valence-electron chi connectivity index (χ4n) is 1.79. The number of nitrogens with zero attached hydrogens (tertiary/aromatic N) is 2. The first-order valence-corrected chi connectivity index (χ1v) is 6.43. The molecule has 1 unspecified atom stereocenters. The number of hydrogen-bond acceptors (Lipinski definition) is 3. The molecule has 0 amide bonds. The number of aromatic nitrogens is 2. The second-order valence-electron chi connectivity index (χ2n) is 4.08. The van der Waals surface area contributed by atoms with E-state index in [-0.39, 0.29) is 6.04 Å². The number of aryl methyl sites for hydroxylation is 2. The SMILES string of the molecule is Cn1nccc1CCC(N)Cc1ccsc1. The van der Waals surface area contributed by atoms with Gasteiger partial charge in [-0.2, -0.15) is 16.4 Å². The molecule has 0 saturated carbocycles. The molecule has 86 valence electrons. The molecule has 0 fully saturated rings. The van der Waals surface area contributed by atoms with Crippen LogP contribution in [0.1, 0.15) is 17.7 Å². The van der Waals surface area contributed by atoms with Gasteiger partial charge in [0.1, 0.15) is 0 Å². The molecule has 0 aromatic carbocycles. The summed E-state index contributed by atoms with van der Waals surface area (Å²) in [6.07, 6.45) is 4.82. The summed E-state index contributed by atoms with van der Waals surface area (Å²) in [5.74, 6) is 0. The molecule has 2 aromatic rings. The molecular formula is C12H17N3S. The molecule has 2 aromatic heterocycles. The lowest BCUT2D eigenvalue weighted by molar-refractivity contribution is 0.587. The van der Waals surface area contributed by atoms with Gasteiger partial charge in [0.25, 0.3) is 0 Å².